The maximum Gasteiger partial charge on any atom is 0.422 e. The summed E-state index contributed by atoms with van der Waals surface area (Å²) < 4.78 is 0. The lowest BCUT2D eigenvalue weighted by molar-refractivity contribution is -0.132. The van der Waals surface area contributed by atoms with Gasteiger partial charge in [-0.1, -0.05) is 0 Å². The van der Waals surface area contributed by atoms with Crippen LogP contribution in [-0.2, 0) is 4.81 Å². The normalized spacial score (nSPS) is 6.50. The van der Waals surface area contributed by atoms with Gasteiger partial charge in [-0.2, -0.15) is 0 Å². The van der Waals surface area contributed by atoms with E-state index in [0.717, 1.165) is 5.34 Å². The molecular weight excluding hydrogens is 170 g/mol. The zero-order valence-corrected chi connectivity index (χ0v) is 3.97. The smallest absolute Gasteiger partial charge is 0.298 e. The maximum absolute atomic E-state index is 7.31. The first kappa shape index (κ1) is 4.71. The zero-order valence-electron chi connectivity index (χ0n) is 1.81. The van der Waals surface area contributed by atoms with Crippen LogP contribution >= 0.6 is 22.4 Å². The average molecular weight is 171 g/mol. The standard InChI is InChI=1S/BHIO2/c2-1-4-3/h3H. The van der Waals surface area contributed by atoms with Crippen LogP contribution in [-0.4, -0.2) is 10.6 Å². The molecule has 0 saturated carbocycles. The van der Waals surface area contributed by atoms with Gasteiger partial charge in [-0.05, 0) is 0 Å². The largest absolute Gasteiger partial charge is 0.422 e. The summed E-state index contributed by atoms with van der Waals surface area (Å²) in [5.74, 6) is 0. The number of rotatable bonds is 1. The van der Waals surface area contributed by atoms with Gasteiger partial charge in [0.15, 0.2) is 0 Å². The van der Waals surface area contributed by atoms with E-state index < -0.39 is 0 Å². The second-order valence-corrected chi connectivity index (χ2v) is 0.703. The lowest BCUT2D eigenvalue weighted by Crippen LogP contribution is -1.75. The van der Waals surface area contributed by atoms with Gasteiger partial charge in [0.2, 0.25) is 0 Å². The quantitative estimate of drug-likeness (QED) is 0.268. The molecule has 0 aliphatic heterocycles. The predicted molar refractivity (Wildman–Crippen MR) is 23.5 cm³/mol. The predicted octanol–water partition coefficient (Wildman–Crippen LogP) is 0.445. The second-order valence-electron chi connectivity index (χ2n) is 0.194. The highest BCUT2D eigenvalue weighted by molar-refractivity contribution is 14.1. The van der Waals surface area contributed by atoms with Crippen LogP contribution in [0.1, 0.15) is 0 Å². The monoisotopic (exact) mass is 171 g/mol. The van der Waals surface area contributed by atoms with Crippen LogP contribution in [0.5, 0.6) is 0 Å². The molecule has 1 N–H and O–H groups in total. The Balaban J connectivity index is 1.97. The van der Waals surface area contributed by atoms with Gasteiger partial charge in [0.05, 0.1) is 0 Å². The van der Waals surface area contributed by atoms with Gasteiger partial charge in [-0.25, -0.2) is 0 Å². The van der Waals surface area contributed by atoms with Crippen LogP contribution in [0.4, 0.5) is 0 Å². The van der Waals surface area contributed by atoms with Crippen LogP contribution in [0.2, 0.25) is 0 Å². The van der Waals surface area contributed by atoms with E-state index in [1.807, 2.05) is 0 Å². The average Bonchev–Trinajstić information content (AvgIpc) is 1.37. The van der Waals surface area contributed by atoms with Gasteiger partial charge in [-0.3, -0.25) is 10.1 Å². The van der Waals surface area contributed by atoms with Crippen LogP contribution < -0.4 is 0 Å². The molecule has 0 heterocycles. The minimum atomic E-state index is 1.15. The first-order chi connectivity index (χ1) is 1.91. The minimum Gasteiger partial charge on any atom is -0.298 e. The van der Waals surface area contributed by atoms with E-state index in [-0.39, 0.29) is 0 Å². The molecule has 2 nitrogen and oxygen atoms in total. The van der Waals surface area contributed by atoms with Crippen molar-refractivity contribution in [3.8, 4) is 0 Å². The molecule has 0 bridgehead atoms. The molecular formula is HBIO2. The summed E-state index contributed by atoms with van der Waals surface area (Å²) >= 11 is 1.75. The molecule has 0 aromatic carbocycles. The van der Waals surface area contributed by atoms with Crippen molar-refractivity contribution in [2.24, 2.45) is 0 Å². The highest BCUT2D eigenvalue weighted by Gasteiger charge is 1.67. The molecule has 0 amide bonds. The number of hydrogen-bond acceptors (Lipinski definition) is 2. The maximum atomic E-state index is 7.31. The van der Waals surface area contributed by atoms with Gasteiger partial charge in [0, 0.05) is 0 Å². The van der Waals surface area contributed by atoms with E-state index in [4.69, 9.17) is 5.26 Å². The van der Waals surface area contributed by atoms with Crippen molar-refractivity contribution in [1.82, 2.24) is 0 Å². The van der Waals surface area contributed by atoms with Gasteiger partial charge in [0.25, 0.3) is 0 Å². The van der Waals surface area contributed by atoms with Crippen molar-refractivity contribution in [2.45, 2.75) is 0 Å². The van der Waals surface area contributed by atoms with Crippen molar-refractivity contribution < 1.29 is 10.1 Å². The Hall–Kier alpha value is 0.715. The Bertz CT molecular complexity index is 8.00. The van der Waals surface area contributed by atoms with Crippen molar-refractivity contribution in [3.63, 3.8) is 0 Å². The van der Waals surface area contributed by atoms with Crippen LogP contribution in [0.25, 0.3) is 0 Å². The fourth-order valence-corrected chi connectivity index (χ4v) is 0. The molecule has 0 rings (SSSR count). The summed E-state index contributed by atoms with van der Waals surface area (Å²) in [5.41, 5.74) is 0. The van der Waals surface area contributed by atoms with Gasteiger partial charge >= 0.3 is 5.34 Å². The third-order valence-electron chi connectivity index (χ3n) is 0.0398. The van der Waals surface area contributed by atoms with Crippen molar-refractivity contribution >= 4 is 27.7 Å². The Labute approximate surface area is 38.2 Å². The summed E-state index contributed by atoms with van der Waals surface area (Å²) in [6.07, 6.45) is 0. The van der Waals surface area contributed by atoms with E-state index in [1.54, 1.807) is 22.4 Å². The SMILES string of the molecule is OO[B]I. The third-order valence-corrected chi connectivity index (χ3v) is 0.267. The van der Waals surface area contributed by atoms with E-state index in [1.165, 1.54) is 0 Å². The van der Waals surface area contributed by atoms with Crippen molar-refractivity contribution in [3.05, 3.63) is 0 Å². The Morgan fingerprint density at radius 3 is 2.25 bits per heavy atom. The molecule has 0 fully saturated rings. The van der Waals surface area contributed by atoms with Crippen molar-refractivity contribution in [2.75, 3.05) is 0 Å². The molecule has 0 saturated heterocycles. The lowest BCUT2D eigenvalue weighted by atomic mass is 10.6. The summed E-state index contributed by atoms with van der Waals surface area (Å²) in [6, 6.07) is 0. The molecule has 0 atom stereocenters. The Kier molecular flexibility index (Phi) is 4.38. The highest BCUT2D eigenvalue weighted by atomic mass is 127. The molecule has 0 spiro atoms. The summed E-state index contributed by atoms with van der Waals surface area (Å²) in [6.45, 7) is 0. The fourth-order valence-electron chi connectivity index (χ4n) is 0. The molecule has 0 aliphatic carbocycles. The summed E-state index contributed by atoms with van der Waals surface area (Å²) in [7, 11) is 0. The van der Waals surface area contributed by atoms with Gasteiger partial charge in [-0.15, -0.1) is 22.4 Å². The molecule has 4 heteroatoms. The fraction of sp³-hybridized carbons (Fsp3) is 0. The van der Waals surface area contributed by atoms with Gasteiger partial charge in [0.1, 0.15) is 0 Å². The summed E-state index contributed by atoms with van der Waals surface area (Å²) in [4.78, 5) is 3.40. The van der Waals surface area contributed by atoms with Crippen LogP contribution in [0, 0.1) is 0 Å². The second kappa shape index (κ2) is 3.71. The Morgan fingerprint density at radius 2 is 2.25 bits per heavy atom. The number of halogens is 1. The van der Waals surface area contributed by atoms with E-state index in [2.05, 4.69) is 4.81 Å². The van der Waals surface area contributed by atoms with E-state index in [9.17, 15) is 0 Å². The molecule has 1 radical (unpaired) electrons. The number of hydrogen-bond donors (Lipinski definition) is 1. The molecule has 0 unspecified atom stereocenters. The zero-order chi connectivity index (χ0) is 3.41. The molecule has 23 valence electrons. The Morgan fingerprint density at radius 1 is 2.00 bits per heavy atom. The lowest BCUT2D eigenvalue weighted by Gasteiger charge is -1.68. The molecule has 0 aliphatic rings. The molecule has 4 heavy (non-hydrogen) atoms. The minimum absolute atomic E-state index is 1.15. The van der Waals surface area contributed by atoms with Crippen molar-refractivity contribution in [1.29, 1.82) is 0 Å². The van der Waals surface area contributed by atoms with E-state index in [0.29, 0.717) is 0 Å². The molecule has 0 aromatic heterocycles. The first-order valence-electron chi connectivity index (χ1n) is 0.636. The van der Waals surface area contributed by atoms with Crippen LogP contribution in [0.15, 0.2) is 0 Å². The molecule has 0 aromatic rings. The van der Waals surface area contributed by atoms with E-state index >= 15 is 0 Å². The highest BCUT2D eigenvalue weighted by Crippen LogP contribution is 1.68. The van der Waals surface area contributed by atoms with Crippen LogP contribution in [0.3, 0.4) is 0 Å². The first-order valence-corrected chi connectivity index (χ1v) is 1.88. The topological polar surface area (TPSA) is 29.5 Å². The third kappa shape index (κ3) is 2.71. The van der Waals surface area contributed by atoms with Gasteiger partial charge < -0.3 is 0 Å². The summed E-state index contributed by atoms with van der Waals surface area (Å²) in [5, 5.41) is 8.46.